The summed E-state index contributed by atoms with van der Waals surface area (Å²) in [6.45, 7) is 7.84. The second-order valence-corrected chi connectivity index (χ2v) is 3.96. The fourth-order valence-electron chi connectivity index (χ4n) is 1.16. The van der Waals surface area contributed by atoms with E-state index < -0.39 is 0 Å². The summed E-state index contributed by atoms with van der Waals surface area (Å²) >= 11 is 0. The average Bonchev–Trinajstić information content (AvgIpc) is 2.32. The van der Waals surface area contributed by atoms with Crippen LogP contribution >= 0.6 is 0 Å². The van der Waals surface area contributed by atoms with Crippen LogP contribution in [0.4, 0.5) is 4.39 Å². The third-order valence-electron chi connectivity index (χ3n) is 1.79. The van der Waals surface area contributed by atoms with Gasteiger partial charge in [0.2, 0.25) is 5.95 Å². The molecular formula is C9H16FN3. The molecule has 0 saturated heterocycles. The Balaban J connectivity index is 2.86. The van der Waals surface area contributed by atoms with Gasteiger partial charge < -0.3 is 0 Å². The SMILES string of the molecule is CC(C)Cc1nnn(C(C)C)c1F. The van der Waals surface area contributed by atoms with Crippen LogP contribution in [0.1, 0.15) is 39.4 Å². The van der Waals surface area contributed by atoms with Crippen LogP contribution < -0.4 is 0 Å². The molecule has 0 spiro atoms. The highest BCUT2D eigenvalue weighted by molar-refractivity contribution is 4.97. The lowest BCUT2D eigenvalue weighted by Gasteiger charge is -2.04. The summed E-state index contributed by atoms with van der Waals surface area (Å²) in [4.78, 5) is 0. The Kier molecular flexibility index (Phi) is 3.01. The van der Waals surface area contributed by atoms with Crippen LogP contribution in [0, 0.1) is 11.9 Å². The minimum Gasteiger partial charge on any atom is -0.217 e. The second kappa shape index (κ2) is 3.85. The molecule has 0 aliphatic heterocycles. The number of aromatic nitrogens is 3. The van der Waals surface area contributed by atoms with Gasteiger partial charge in [-0.1, -0.05) is 19.1 Å². The molecule has 0 aliphatic carbocycles. The van der Waals surface area contributed by atoms with Crippen molar-refractivity contribution < 1.29 is 4.39 Å². The Bertz CT molecular complexity index is 278. The molecular weight excluding hydrogens is 169 g/mol. The van der Waals surface area contributed by atoms with E-state index in [0.717, 1.165) is 0 Å². The van der Waals surface area contributed by atoms with E-state index in [2.05, 4.69) is 10.3 Å². The molecule has 3 nitrogen and oxygen atoms in total. The van der Waals surface area contributed by atoms with E-state index in [-0.39, 0.29) is 12.0 Å². The number of rotatable bonds is 3. The molecule has 0 N–H and O–H groups in total. The summed E-state index contributed by atoms with van der Waals surface area (Å²) in [5.41, 5.74) is 0.476. The number of hydrogen-bond acceptors (Lipinski definition) is 2. The predicted molar refractivity (Wildman–Crippen MR) is 48.9 cm³/mol. The number of halogens is 1. The molecule has 13 heavy (non-hydrogen) atoms. The van der Waals surface area contributed by atoms with Crippen molar-refractivity contribution in [3.8, 4) is 0 Å². The topological polar surface area (TPSA) is 30.7 Å². The molecule has 0 radical (unpaired) electrons. The molecule has 0 aromatic carbocycles. The van der Waals surface area contributed by atoms with E-state index in [1.807, 2.05) is 27.7 Å². The largest absolute Gasteiger partial charge is 0.235 e. The van der Waals surface area contributed by atoms with Gasteiger partial charge >= 0.3 is 0 Å². The Morgan fingerprint density at radius 3 is 2.31 bits per heavy atom. The van der Waals surface area contributed by atoms with Gasteiger partial charge in [0.25, 0.3) is 0 Å². The first-order valence-electron chi connectivity index (χ1n) is 4.62. The van der Waals surface area contributed by atoms with E-state index >= 15 is 0 Å². The number of nitrogens with zero attached hydrogens (tertiary/aromatic N) is 3. The maximum Gasteiger partial charge on any atom is 0.235 e. The van der Waals surface area contributed by atoms with Crippen molar-refractivity contribution in [2.45, 2.75) is 40.2 Å². The third-order valence-corrected chi connectivity index (χ3v) is 1.79. The second-order valence-electron chi connectivity index (χ2n) is 3.96. The summed E-state index contributed by atoms with van der Waals surface area (Å²) in [5.74, 6) is 0.121. The summed E-state index contributed by atoms with van der Waals surface area (Å²) in [5, 5.41) is 7.58. The first kappa shape index (κ1) is 10.2. The third kappa shape index (κ3) is 2.26. The average molecular weight is 185 g/mol. The van der Waals surface area contributed by atoms with Crippen LogP contribution in [0.15, 0.2) is 0 Å². The molecule has 0 unspecified atom stereocenters. The zero-order chi connectivity index (χ0) is 10.0. The van der Waals surface area contributed by atoms with Crippen LogP contribution in [0.2, 0.25) is 0 Å². The van der Waals surface area contributed by atoms with Crippen LogP contribution in [-0.2, 0) is 6.42 Å². The molecule has 0 aliphatic rings. The quantitative estimate of drug-likeness (QED) is 0.722. The highest BCUT2D eigenvalue weighted by Gasteiger charge is 2.14. The normalized spacial score (nSPS) is 11.6. The summed E-state index contributed by atoms with van der Waals surface area (Å²) < 4.78 is 14.8. The van der Waals surface area contributed by atoms with Gasteiger partial charge in [-0.3, -0.25) is 0 Å². The molecule has 1 heterocycles. The standard InChI is InChI=1S/C9H16FN3/c1-6(2)5-8-9(10)13(7(3)4)12-11-8/h6-7H,5H2,1-4H3. The predicted octanol–water partition coefficient (Wildman–Crippen LogP) is 2.20. The van der Waals surface area contributed by atoms with Gasteiger partial charge in [-0.05, 0) is 26.2 Å². The van der Waals surface area contributed by atoms with Gasteiger partial charge in [0.1, 0.15) is 5.69 Å². The van der Waals surface area contributed by atoms with Crippen LogP contribution in [0.25, 0.3) is 0 Å². The minimum atomic E-state index is -0.288. The highest BCUT2D eigenvalue weighted by Crippen LogP contribution is 2.12. The molecule has 0 atom stereocenters. The van der Waals surface area contributed by atoms with Crippen molar-refractivity contribution in [2.24, 2.45) is 5.92 Å². The van der Waals surface area contributed by atoms with E-state index in [4.69, 9.17) is 0 Å². The molecule has 4 heteroatoms. The van der Waals surface area contributed by atoms with E-state index in [1.54, 1.807) is 0 Å². The zero-order valence-electron chi connectivity index (χ0n) is 8.58. The lowest BCUT2D eigenvalue weighted by molar-refractivity contribution is 0.405. The maximum absolute atomic E-state index is 13.5. The Hall–Kier alpha value is -0.930. The van der Waals surface area contributed by atoms with Gasteiger partial charge in [0, 0.05) is 0 Å². The summed E-state index contributed by atoms with van der Waals surface area (Å²) in [6.07, 6.45) is 0.651. The first-order chi connectivity index (χ1) is 6.02. The zero-order valence-corrected chi connectivity index (χ0v) is 8.58. The Morgan fingerprint density at radius 2 is 1.92 bits per heavy atom. The fourth-order valence-corrected chi connectivity index (χ4v) is 1.16. The van der Waals surface area contributed by atoms with Crippen molar-refractivity contribution in [3.63, 3.8) is 0 Å². The molecule has 0 amide bonds. The lowest BCUT2D eigenvalue weighted by atomic mass is 10.1. The maximum atomic E-state index is 13.5. The molecule has 0 saturated carbocycles. The Labute approximate surface area is 77.9 Å². The number of hydrogen-bond donors (Lipinski definition) is 0. The fraction of sp³-hybridized carbons (Fsp3) is 0.778. The summed E-state index contributed by atoms with van der Waals surface area (Å²) in [6, 6.07) is 0.0356. The van der Waals surface area contributed by atoms with Crippen LogP contribution in [0.5, 0.6) is 0 Å². The van der Waals surface area contributed by atoms with E-state index in [0.29, 0.717) is 18.0 Å². The highest BCUT2D eigenvalue weighted by atomic mass is 19.1. The summed E-state index contributed by atoms with van der Waals surface area (Å²) in [7, 11) is 0. The van der Waals surface area contributed by atoms with Crippen molar-refractivity contribution in [2.75, 3.05) is 0 Å². The smallest absolute Gasteiger partial charge is 0.217 e. The first-order valence-corrected chi connectivity index (χ1v) is 4.62. The molecule has 1 aromatic rings. The Morgan fingerprint density at radius 1 is 1.31 bits per heavy atom. The molecule has 1 aromatic heterocycles. The van der Waals surface area contributed by atoms with Crippen molar-refractivity contribution in [1.82, 2.24) is 15.0 Å². The van der Waals surface area contributed by atoms with E-state index in [9.17, 15) is 4.39 Å². The molecule has 74 valence electrons. The van der Waals surface area contributed by atoms with Gasteiger partial charge in [-0.15, -0.1) is 5.10 Å². The monoisotopic (exact) mass is 185 g/mol. The van der Waals surface area contributed by atoms with E-state index in [1.165, 1.54) is 4.68 Å². The van der Waals surface area contributed by atoms with Gasteiger partial charge in [0.15, 0.2) is 0 Å². The van der Waals surface area contributed by atoms with Crippen molar-refractivity contribution >= 4 is 0 Å². The van der Waals surface area contributed by atoms with Crippen LogP contribution in [-0.4, -0.2) is 15.0 Å². The van der Waals surface area contributed by atoms with Crippen molar-refractivity contribution in [1.29, 1.82) is 0 Å². The van der Waals surface area contributed by atoms with Gasteiger partial charge in [0.05, 0.1) is 6.04 Å². The van der Waals surface area contributed by atoms with Crippen LogP contribution in [0.3, 0.4) is 0 Å². The lowest BCUT2D eigenvalue weighted by Crippen LogP contribution is -2.06. The van der Waals surface area contributed by atoms with Gasteiger partial charge in [-0.2, -0.15) is 4.39 Å². The van der Waals surface area contributed by atoms with Crippen molar-refractivity contribution in [3.05, 3.63) is 11.6 Å². The van der Waals surface area contributed by atoms with Gasteiger partial charge in [-0.25, -0.2) is 4.68 Å². The molecule has 0 bridgehead atoms. The molecule has 1 rings (SSSR count). The minimum absolute atomic E-state index is 0.0356. The molecule has 0 fully saturated rings.